The predicted molar refractivity (Wildman–Crippen MR) is 123 cm³/mol. The number of carbonyl (C=O) groups excluding carboxylic acids is 1. The molecule has 3 N–H and O–H groups in total. The summed E-state index contributed by atoms with van der Waals surface area (Å²) in [7, 11) is 0. The second kappa shape index (κ2) is 10.7. The molecule has 168 valence electrons. The van der Waals surface area contributed by atoms with Crippen LogP contribution in [-0.4, -0.2) is 49.5 Å². The van der Waals surface area contributed by atoms with Crippen LogP contribution in [0.4, 0.5) is 5.69 Å². The summed E-state index contributed by atoms with van der Waals surface area (Å²) in [6, 6.07) is 5.64. The van der Waals surface area contributed by atoms with Gasteiger partial charge in [-0.1, -0.05) is 19.8 Å². The van der Waals surface area contributed by atoms with Crippen LogP contribution in [0.1, 0.15) is 62.4 Å². The predicted octanol–water partition coefficient (Wildman–Crippen LogP) is 3.18. The molecule has 0 aliphatic heterocycles. The maximum absolute atomic E-state index is 12.8. The van der Waals surface area contributed by atoms with E-state index >= 15 is 0 Å². The molecule has 3 aromatic heterocycles. The van der Waals surface area contributed by atoms with Gasteiger partial charge in [-0.05, 0) is 32.8 Å². The van der Waals surface area contributed by atoms with E-state index in [1.165, 1.54) is 12.4 Å². The Morgan fingerprint density at radius 3 is 2.75 bits per heavy atom. The first kappa shape index (κ1) is 23.2. The van der Waals surface area contributed by atoms with Crippen molar-refractivity contribution in [2.45, 2.75) is 58.6 Å². The average molecular weight is 436 g/mol. The SMILES string of the molecule is CCCCC(O)CCNC(=O)c1cnc(-n2ncc3cc(C#N)cnc32)cc1NC(C)C. The highest BCUT2D eigenvalue weighted by Gasteiger charge is 2.17. The number of aliphatic hydroxyl groups excluding tert-OH is 1. The molecule has 0 radical (unpaired) electrons. The van der Waals surface area contributed by atoms with Gasteiger partial charge in [0.1, 0.15) is 6.07 Å². The van der Waals surface area contributed by atoms with E-state index in [4.69, 9.17) is 5.26 Å². The van der Waals surface area contributed by atoms with Gasteiger partial charge in [-0.25, -0.2) is 9.97 Å². The number of carbonyl (C=O) groups is 1. The molecule has 0 fully saturated rings. The summed E-state index contributed by atoms with van der Waals surface area (Å²) in [5.41, 5.74) is 2.08. The van der Waals surface area contributed by atoms with E-state index in [-0.39, 0.29) is 11.9 Å². The third-order valence-electron chi connectivity index (χ3n) is 4.99. The molecule has 0 aliphatic rings. The lowest BCUT2D eigenvalue weighted by Gasteiger charge is -2.16. The molecule has 0 aliphatic carbocycles. The van der Waals surface area contributed by atoms with E-state index in [1.54, 1.807) is 23.0 Å². The van der Waals surface area contributed by atoms with Crippen molar-refractivity contribution in [3.8, 4) is 11.9 Å². The first-order valence-corrected chi connectivity index (χ1v) is 10.9. The first-order chi connectivity index (χ1) is 15.4. The molecular formula is C23H29N7O2. The van der Waals surface area contributed by atoms with Crippen LogP contribution in [-0.2, 0) is 0 Å². The fraction of sp³-hybridized carbons (Fsp3) is 0.435. The molecule has 0 spiro atoms. The Labute approximate surface area is 187 Å². The van der Waals surface area contributed by atoms with Gasteiger partial charge >= 0.3 is 0 Å². The fourth-order valence-electron chi connectivity index (χ4n) is 3.35. The van der Waals surface area contributed by atoms with E-state index in [0.717, 1.165) is 24.6 Å². The van der Waals surface area contributed by atoms with Crippen molar-refractivity contribution in [3.05, 3.63) is 41.9 Å². The Hall–Kier alpha value is -3.51. The Bertz CT molecular complexity index is 1120. The highest BCUT2D eigenvalue weighted by atomic mass is 16.3. The number of aliphatic hydroxyl groups is 1. The maximum Gasteiger partial charge on any atom is 0.254 e. The summed E-state index contributed by atoms with van der Waals surface area (Å²) in [6.07, 6.45) is 7.48. The highest BCUT2D eigenvalue weighted by Crippen LogP contribution is 2.22. The van der Waals surface area contributed by atoms with Gasteiger partial charge in [0, 0.05) is 36.4 Å². The molecule has 1 unspecified atom stereocenters. The number of pyridine rings is 2. The van der Waals surface area contributed by atoms with Gasteiger partial charge in [-0.2, -0.15) is 15.0 Å². The van der Waals surface area contributed by atoms with Gasteiger partial charge in [0.05, 0.1) is 29.1 Å². The summed E-state index contributed by atoms with van der Waals surface area (Å²) in [5.74, 6) is 0.254. The van der Waals surface area contributed by atoms with Crippen LogP contribution in [0.2, 0.25) is 0 Å². The van der Waals surface area contributed by atoms with Crippen molar-refractivity contribution in [1.82, 2.24) is 25.1 Å². The molecule has 32 heavy (non-hydrogen) atoms. The van der Waals surface area contributed by atoms with Gasteiger partial charge in [-0.3, -0.25) is 4.79 Å². The summed E-state index contributed by atoms with van der Waals surface area (Å²) in [5, 5.41) is 30.3. The van der Waals surface area contributed by atoms with Crippen molar-refractivity contribution < 1.29 is 9.90 Å². The molecule has 0 aromatic carbocycles. The Kier molecular flexibility index (Phi) is 7.73. The number of nitriles is 1. The minimum absolute atomic E-state index is 0.0957. The lowest BCUT2D eigenvalue weighted by atomic mass is 10.1. The Morgan fingerprint density at radius 1 is 1.22 bits per heavy atom. The third-order valence-corrected chi connectivity index (χ3v) is 4.99. The second-order valence-corrected chi connectivity index (χ2v) is 8.03. The van der Waals surface area contributed by atoms with Gasteiger partial charge < -0.3 is 15.7 Å². The van der Waals surface area contributed by atoms with E-state index < -0.39 is 6.10 Å². The van der Waals surface area contributed by atoms with E-state index in [0.29, 0.717) is 41.2 Å². The van der Waals surface area contributed by atoms with Crippen molar-refractivity contribution in [3.63, 3.8) is 0 Å². The summed E-state index contributed by atoms with van der Waals surface area (Å²) < 4.78 is 1.58. The van der Waals surface area contributed by atoms with Crippen molar-refractivity contribution >= 4 is 22.6 Å². The Morgan fingerprint density at radius 2 is 2.03 bits per heavy atom. The van der Waals surface area contributed by atoms with Crippen molar-refractivity contribution in [2.24, 2.45) is 0 Å². The van der Waals surface area contributed by atoms with Gasteiger partial charge in [0.2, 0.25) is 0 Å². The number of nitrogens with zero attached hydrogens (tertiary/aromatic N) is 5. The topological polar surface area (TPSA) is 129 Å². The molecule has 3 aromatic rings. The molecule has 1 amide bonds. The minimum Gasteiger partial charge on any atom is -0.393 e. The maximum atomic E-state index is 12.8. The van der Waals surface area contributed by atoms with Crippen LogP contribution in [0, 0.1) is 11.3 Å². The zero-order valence-corrected chi connectivity index (χ0v) is 18.7. The zero-order valence-electron chi connectivity index (χ0n) is 18.7. The highest BCUT2D eigenvalue weighted by molar-refractivity contribution is 5.99. The number of unbranched alkanes of at least 4 members (excludes halogenated alkanes) is 1. The molecule has 9 heteroatoms. The van der Waals surface area contributed by atoms with Crippen LogP contribution >= 0.6 is 0 Å². The van der Waals surface area contributed by atoms with Crippen LogP contribution in [0.15, 0.2) is 30.7 Å². The quantitative estimate of drug-likeness (QED) is 0.446. The molecule has 0 saturated carbocycles. The van der Waals surface area contributed by atoms with Gasteiger partial charge in [0.15, 0.2) is 11.5 Å². The number of aromatic nitrogens is 4. The molecule has 3 rings (SSSR count). The fourth-order valence-corrected chi connectivity index (χ4v) is 3.35. The minimum atomic E-state index is -0.411. The van der Waals surface area contributed by atoms with E-state index in [2.05, 4.69) is 38.7 Å². The number of rotatable bonds is 10. The number of nitrogens with one attached hydrogen (secondary N) is 2. The first-order valence-electron chi connectivity index (χ1n) is 10.9. The number of fused-ring (bicyclic) bond motifs is 1. The second-order valence-electron chi connectivity index (χ2n) is 8.03. The van der Waals surface area contributed by atoms with Crippen LogP contribution in [0.25, 0.3) is 16.9 Å². The summed E-state index contributed by atoms with van der Waals surface area (Å²) in [4.78, 5) is 21.5. The summed E-state index contributed by atoms with van der Waals surface area (Å²) >= 11 is 0. The van der Waals surface area contributed by atoms with E-state index in [1.807, 2.05) is 13.8 Å². The standard InChI is InChI=1S/C23H29N7O2/c1-4-5-6-18(31)7-8-25-23(32)19-14-26-21(10-20(19)29-15(2)3)30-22-17(13-28-30)9-16(11-24)12-27-22/h9-10,12-15,18,31H,4-8H2,1-3H3,(H,25,32)(H,26,29). The van der Waals surface area contributed by atoms with Gasteiger partial charge in [0.25, 0.3) is 5.91 Å². The normalized spacial score (nSPS) is 12.0. The molecular weight excluding hydrogens is 406 g/mol. The lowest BCUT2D eigenvalue weighted by Crippen LogP contribution is -2.28. The number of anilines is 1. The van der Waals surface area contributed by atoms with Crippen molar-refractivity contribution in [1.29, 1.82) is 5.26 Å². The van der Waals surface area contributed by atoms with Crippen molar-refractivity contribution in [2.75, 3.05) is 11.9 Å². The molecule has 0 bridgehead atoms. The largest absolute Gasteiger partial charge is 0.393 e. The number of hydrogen-bond donors (Lipinski definition) is 3. The van der Waals surface area contributed by atoms with E-state index in [9.17, 15) is 9.90 Å². The molecule has 1 atom stereocenters. The summed E-state index contributed by atoms with van der Waals surface area (Å²) in [6.45, 7) is 6.45. The number of amides is 1. The zero-order chi connectivity index (χ0) is 23.1. The van der Waals surface area contributed by atoms with Crippen LogP contribution in [0.3, 0.4) is 0 Å². The number of hydrogen-bond acceptors (Lipinski definition) is 7. The smallest absolute Gasteiger partial charge is 0.254 e. The Balaban J connectivity index is 1.82. The third kappa shape index (κ3) is 5.59. The average Bonchev–Trinajstić information content (AvgIpc) is 3.20. The molecule has 3 heterocycles. The monoisotopic (exact) mass is 435 g/mol. The van der Waals surface area contributed by atoms with Crippen LogP contribution < -0.4 is 10.6 Å². The van der Waals surface area contributed by atoms with Crippen LogP contribution in [0.5, 0.6) is 0 Å². The molecule has 0 saturated heterocycles. The lowest BCUT2D eigenvalue weighted by molar-refractivity contribution is 0.0940. The molecule has 9 nitrogen and oxygen atoms in total. The van der Waals surface area contributed by atoms with Gasteiger partial charge in [-0.15, -0.1) is 0 Å².